The highest BCUT2D eigenvalue weighted by atomic mass is 16.5. The number of rotatable bonds is 20. The van der Waals surface area contributed by atoms with Crippen LogP contribution in [0.15, 0.2) is 115 Å². The third-order valence-corrected chi connectivity index (χ3v) is 8.38. The zero-order valence-corrected chi connectivity index (χ0v) is 26.7. The molecule has 3 nitrogen and oxygen atoms in total. The van der Waals surface area contributed by atoms with Gasteiger partial charge in [0, 0.05) is 13.0 Å². The number of unbranched alkanes of at least 4 members (excludes halogenated alkanes) is 10. The Hall–Kier alpha value is -3.85. The van der Waals surface area contributed by atoms with E-state index >= 15 is 0 Å². The van der Waals surface area contributed by atoms with Crippen LogP contribution in [0.4, 0.5) is 0 Å². The number of amides is 1. The van der Waals surface area contributed by atoms with Crippen LogP contribution in [0.3, 0.4) is 0 Å². The average molecular weight is 590 g/mol. The van der Waals surface area contributed by atoms with Crippen molar-refractivity contribution in [2.24, 2.45) is 0 Å². The van der Waals surface area contributed by atoms with Gasteiger partial charge in [-0.25, -0.2) is 0 Å². The highest BCUT2D eigenvalue weighted by Gasteiger charge is 2.26. The molecule has 4 aromatic rings. The standard InChI is InChI=1S/C41H51NO2/c1-2-3-4-5-6-7-8-9-10-11-21-28-40(43)42(41(37-24-17-13-18-25-37)38-26-19-14-20-27-38)33-35-29-31-39(32-30-35)44-34-36-22-15-12-16-23-36/h12-20,22-27,29-32,41H,2-11,21,28,33-34H2,1H3. The fourth-order valence-corrected chi connectivity index (χ4v) is 5.86. The van der Waals surface area contributed by atoms with Crippen LogP contribution in [0.5, 0.6) is 5.75 Å². The summed E-state index contributed by atoms with van der Waals surface area (Å²) in [5.41, 5.74) is 4.51. The summed E-state index contributed by atoms with van der Waals surface area (Å²) in [5.74, 6) is 1.04. The molecule has 0 aliphatic heterocycles. The lowest BCUT2D eigenvalue weighted by atomic mass is 9.95. The Morgan fingerprint density at radius 3 is 1.57 bits per heavy atom. The summed E-state index contributed by atoms with van der Waals surface area (Å²) in [6, 6.07) is 39.2. The SMILES string of the molecule is CCCCCCCCCCCCCC(=O)N(Cc1ccc(OCc2ccccc2)cc1)C(c1ccccc1)c1ccccc1. The van der Waals surface area contributed by atoms with E-state index < -0.39 is 0 Å². The molecule has 4 aromatic carbocycles. The Kier molecular flexibility index (Phi) is 14.6. The van der Waals surface area contributed by atoms with Crippen LogP contribution in [-0.2, 0) is 17.9 Å². The minimum atomic E-state index is -0.147. The molecular formula is C41H51NO2. The molecule has 3 heteroatoms. The van der Waals surface area contributed by atoms with E-state index in [2.05, 4.69) is 84.6 Å². The first-order valence-corrected chi connectivity index (χ1v) is 16.9. The van der Waals surface area contributed by atoms with Crippen LogP contribution in [0, 0.1) is 0 Å². The van der Waals surface area contributed by atoms with Gasteiger partial charge >= 0.3 is 0 Å². The summed E-state index contributed by atoms with van der Waals surface area (Å²) in [7, 11) is 0. The van der Waals surface area contributed by atoms with Crippen molar-refractivity contribution in [1.82, 2.24) is 4.90 Å². The van der Waals surface area contributed by atoms with Gasteiger partial charge in [-0.3, -0.25) is 4.79 Å². The number of carbonyl (C=O) groups excluding carboxylic acids is 1. The molecule has 0 N–H and O–H groups in total. The van der Waals surface area contributed by atoms with Gasteiger partial charge in [0.05, 0.1) is 6.04 Å². The predicted octanol–water partition coefficient (Wildman–Crippen LogP) is 11.1. The van der Waals surface area contributed by atoms with E-state index in [4.69, 9.17) is 4.74 Å². The minimum absolute atomic E-state index is 0.147. The Labute approximate surface area is 266 Å². The maximum absolute atomic E-state index is 14.0. The third kappa shape index (κ3) is 11.3. The summed E-state index contributed by atoms with van der Waals surface area (Å²) in [5, 5.41) is 0. The second-order valence-corrected chi connectivity index (χ2v) is 11.9. The molecule has 232 valence electrons. The Morgan fingerprint density at radius 1 is 0.568 bits per heavy atom. The monoisotopic (exact) mass is 589 g/mol. The molecule has 1 amide bonds. The van der Waals surface area contributed by atoms with Crippen molar-refractivity contribution >= 4 is 5.91 Å². The van der Waals surface area contributed by atoms with Crippen molar-refractivity contribution in [3.8, 4) is 5.75 Å². The number of carbonyl (C=O) groups is 1. The molecule has 0 saturated heterocycles. The van der Waals surface area contributed by atoms with Gasteiger partial charge in [0.2, 0.25) is 5.91 Å². The van der Waals surface area contributed by atoms with Gasteiger partial charge in [0.1, 0.15) is 12.4 Å². The van der Waals surface area contributed by atoms with Crippen molar-refractivity contribution in [1.29, 1.82) is 0 Å². The summed E-state index contributed by atoms with van der Waals surface area (Å²) in [6.07, 6.45) is 14.6. The largest absolute Gasteiger partial charge is 0.489 e. The summed E-state index contributed by atoms with van der Waals surface area (Å²) in [4.78, 5) is 16.1. The van der Waals surface area contributed by atoms with Crippen LogP contribution >= 0.6 is 0 Å². The van der Waals surface area contributed by atoms with Crippen LogP contribution < -0.4 is 4.74 Å². The van der Waals surface area contributed by atoms with Crippen LogP contribution in [0.25, 0.3) is 0 Å². The molecule has 0 saturated carbocycles. The first-order chi connectivity index (χ1) is 21.7. The average Bonchev–Trinajstić information content (AvgIpc) is 3.08. The quantitative estimate of drug-likeness (QED) is 0.0960. The highest BCUT2D eigenvalue weighted by molar-refractivity contribution is 5.77. The lowest BCUT2D eigenvalue weighted by Crippen LogP contribution is -2.35. The van der Waals surface area contributed by atoms with Gasteiger partial charge in [-0.1, -0.05) is 174 Å². The smallest absolute Gasteiger partial charge is 0.223 e. The first kappa shape index (κ1) is 33.1. The van der Waals surface area contributed by atoms with Crippen molar-refractivity contribution < 1.29 is 9.53 Å². The number of hydrogen-bond donors (Lipinski definition) is 0. The fourth-order valence-electron chi connectivity index (χ4n) is 5.86. The molecule has 0 radical (unpaired) electrons. The minimum Gasteiger partial charge on any atom is -0.489 e. The zero-order valence-electron chi connectivity index (χ0n) is 26.7. The van der Waals surface area contributed by atoms with Gasteiger partial charge in [-0.05, 0) is 40.8 Å². The molecular weight excluding hydrogens is 538 g/mol. The molecule has 0 unspecified atom stereocenters. The molecule has 0 aliphatic carbocycles. The van der Waals surface area contributed by atoms with Crippen molar-refractivity contribution in [2.45, 2.75) is 103 Å². The van der Waals surface area contributed by atoms with Crippen LogP contribution in [-0.4, -0.2) is 10.8 Å². The normalized spacial score (nSPS) is 11.0. The molecule has 0 aromatic heterocycles. The number of nitrogens with zero attached hydrogens (tertiary/aromatic N) is 1. The van der Waals surface area contributed by atoms with Gasteiger partial charge in [0.15, 0.2) is 0 Å². The number of hydrogen-bond acceptors (Lipinski definition) is 2. The Morgan fingerprint density at radius 2 is 1.05 bits per heavy atom. The van der Waals surface area contributed by atoms with Gasteiger partial charge < -0.3 is 9.64 Å². The maximum Gasteiger partial charge on any atom is 0.223 e. The highest BCUT2D eigenvalue weighted by Crippen LogP contribution is 2.31. The summed E-state index contributed by atoms with van der Waals surface area (Å²) in [6.45, 7) is 3.35. The van der Waals surface area contributed by atoms with E-state index in [0.717, 1.165) is 40.8 Å². The lowest BCUT2D eigenvalue weighted by molar-refractivity contribution is -0.133. The van der Waals surface area contributed by atoms with E-state index in [1.54, 1.807) is 0 Å². The predicted molar refractivity (Wildman–Crippen MR) is 184 cm³/mol. The van der Waals surface area contributed by atoms with Gasteiger partial charge in [0.25, 0.3) is 0 Å². The summed E-state index contributed by atoms with van der Waals surface area (Å²) >= 11 is 0. The van der Waals surface area contributed by atoms with E-state index in [1.165, 1.54) is 57.8 Å². The van der Waals surface area contributed by atoms with E-state index in [-0.39, 0.29) is 11.9 Å². The second-order valence-electron chi connectivity index (χ2n) is 11.9. The summed E-state index contributed by atoms with van der Waals surface area (Å²) < 4.78 is 6.03. The molecule has 0 heterocycles. The Bertz CT molecular complexity index is 1270. The second kappa shape index (κ2) is 19.4. The Balaban J connectivity index is 1.39. The topological polar surface area (TPSA) is 29.5 Å². The zero-order chi connectivity index (χ0) is 30.7. The van der Waals surface area contributed by atoms with Crippen molar-refractivity contribution in [2.75, 3.05) is 0 Å². The van der Waals surface area contributed by atoms with E-state index in [1.807, 2.05) is 42.5 Å². The van der Waals surface area contributed by atoms with E-state index in [0.29, 0.717) is 19.6 Å². The molecule has 0 aliphatic rings. The van der Waals surface area contributed by atoms with Crippen LogP contribution in [0.1, 0.15) is 112 Å². The lowest BCUT2D eigenvalue weighted by Gasteiger charge is -2.33. The van der Waals surface area contributed by atoms with Crippen molar-refractivity contribution in [3.63, 3.8) is 0 Å². The van der Waals surface area contributed by atoms with Crippen LogP contribution in [0.2, 0.25) is 0 Å². The van der Waals surface area contributed by atoms with Gasteiger partial charge in [-0.15, -0.1) is 0 Å². The molecule has 44 heavy (non-hydrogen) atoms. The fraction of sp³-hybridized carbons (Fsp3) is 0.390. The maximum atomic E-state index is 14.0. The molecule has 4 rings (SSSR count). The third-order valence-electron chi connectivity index (χ3n) is 8.38. The van der Waals surface area contributed by atoms with E-state index in [9.17, 15) is 4.79 Å². The molecule has 0 spiro atoms. The number of benzene rings is 4. The molecule has 0 atom stereocenters. The molecule has 0 bridgehead atoms. The number of ether oxygens (including phenoxy) is 1. The first-order valence-electron chi connectivity index (χ1n) is 16.9. The van der Waals surface area contributed by atoms with Crippen molar-refractivity contribution in [3.05, 3.63) is 138 Å². The molecule has 0 fully saturated rings. The van der Waals surface area contributed by atoms with Gasteiger partial charge in [-0.2, -0.15) is 0 Å².